The highest BCUT2D eigenvalue weighted by molar-refractivity contribution is 7.17. The van der Waals surface area contributed by atoms with Crippen molar-refractivity contribution < 1.29 is 9.53 Å². The number of carbonyl (C=O) groups excluding carboxylic acids is 1. The molecule has 0 aromatic carbocycles. The number of esters is 1. The van der Waals surface area contributed by atoms with Gasteiger partial charge in [0.1, 0.15) is 9.88 Å². The molecule has 2 aromatic rings. The molecule has 5 heteroatoms. The molecule has 0 spiro atoms. The molecule has 2 rings (SSSR count). The van der Waals surface area contributed by atoms with Crippen molar-refractivity contribution in [1.29, 1.82) is 0 Å². The fourth-order valence-corrected chi connectivity index (χ4v) is 2.34. The lowest BCUT2D eigenvalue weighted by molar-refractivity contribution is 0.0605. The summed E-state index contributed by atoms with van der Waals surface area (Å²) in [7, 11) is 1.37. The van der Waals surface area contributed by atoms with Gasteiger partial charge >= 0.3 is 5.97 Å². The second-order valence-electron chi connectivity index (χ2n) is 3.65. The summed E-state index contributed by atoms with van der Waals surface area (Å²) in [4.78, 5) is 20.6. The molecule has 0 saturated heterocycles. The first-order valence-electron chi connectivity index (χ1n) is 5.10. The van der Waals surface area contributed by atoms with Gasteiger partial charge in [-0.2, -0.15) is 0 Å². The molecule has 4 nitrogen and oxygen atoms in total. The van der Waals surface area contributed by atoms with Gasteiger partial charge in [0.05, 0.1) is 18.5 Å². The van der Waals surface area contributed by atoms with Gasteiger partial charge < -0.3 is 4.74 Å². The SMILES string of the molecule is COC(=O)c1sc(-c2ccc(C)cn2)nc1C. The number of carbonyl (C=O) groups is 1. The second kappa shape index (κ2) is 4.63. The summed E-state index contributed by atoms with van der Waals surface area (Å²) in [6.45, 7) is 3.77. The van der Waals surface area contributed by atoms with E-state index in [-0.39, 0.29) is 5.97 Å². The smallest absolute Gasteiger partial charge is 0.349 e. The van der Waals surface area contributed by atoms with Crippen LogP contribution in [0.2, 0.25) is 0 Å². The van der Waals surface area contributed by atoms with Crippen molar-refractivity contribution in [1.82, 2.24) is 9.97 Å². The van der Waals surface area contributed by atoms with Crippen LogP contribution in [-0.4, -0.2) is 23.0 Å². The Kier molecular flexibility index (Phi) is 3.19. The van der Waals surface area contributed by atoms with Gasteiger partial charge in [-0.15, -0.1) is 11.3 Å². The Hall–Kier alpha value is -1.75. The highest BCUT2D eigenvalue weighted by Crippen LogP contribution is 2.26. The van der Waals surface area contributed by atoms with Gasteiger partial charge in [-0.1, -0.05) is 6.07 Å². The van der Waals surface area contributed by atoms with Crippen LogP contribution in [0.4, 0.5) is 0 Å². The predicted molar refractivity (Wildman–Crippen MR) is 66.2 cm³/mol. The van der Waals surface area contributed by atoms with Crippen LogP contribution in [0.25, 0.3) is 10.7 Å². The minimum absolute atomic E-state index is 0.349. The van der Waals surface area contributed by atoms with Crippen molar-refractivity contribution in [3.05, 3.63) is 34.5 Å². The second-order valence-corrected chi connectivity index (χ2v) is 4.64. The number of hydrogen-bond donors (Lipinski definition) is 0. The first-order valence-corrected chi connectivity index (χ1v) is 5.92. The van der Waals surface area contributed by atoms with Crippen molar-refractivity contribution in [2.45, 2.75) is 13.8 Å². The van der Waals surface area contributed by atoms with Gasteiger partial charge in [0, 0.05) is 6.20 Å². The van der Waals surface area contributed by atoms with Gasteiger partial charge in [0.15, 0.2) is 0 Å². The highest BCUT2D eigenvalue weighted by atomic mass is 32.1. The first kappa shape index (κ1) is 11.7. The van der Waals surface area contributed by atoms with Gasteiger partial charge in [-0.05, 0) is 25.5 Å². The van der Waals surface area contributed by atoms with Gasteiger partial charge in [0.25, 0.3) is 0 Å². The van der Waals surface area contributed by atoms with E-state index >= 15 is 0 Å². The lowest BCUT2D eigenvalue weighted by Crippen LogP contribution is -1.99. The van der Waals surface area contributed by atoms with Gasteiger partial charge in [-0.3, -0.25) is 4.98 Å². The number of pyridine rings is 1. The third-order valence-corrected chi connectivity index (χ3v) is 3.46. The summed E-state index contributed by atoms with van der Waals surface area (Å²) >= 11 is 1.30. The number of aromatic nitrogens is 2. The van der Waals surface area contributed by atoms with Crippen LogP contribution in [-0.2, 0) is 4.74 Å². The van der Waals surface area contributed by atoms with Crippen LogP contribution in [0.1, 0.15) is 20.9 Å². The van der Waals surface area contributed by atoms with E-state index in [2.05, 4.69) is 9.97 Å². The summed E-state index contributed by atoms with van der Waals surface area (Å²) in [5.74, 6) is -0.349. The Morgan fingerprint density at radius 2 is 2.12 bits per heavy atom. The van der Waals surface area contributed by atoms with Crippen LogP contribution >= 0.6 is 11.3 Å². The Bertz CT molecular complexity index is 546. The van der Waals surface area contributed by atoms with Crippen LogP contribution in [0.3, 0.4) is 0 Å². The van der Waals surface area contributed by atoms with Crippen LogP contribution in [0.5, 0.6) is 0 Å². The Balaban J connectivity index is 2.41. The fraction of sp³-hybridized carbons (Fsp3) is 0.250. The van der Waals surface area contributed by atoms with Crippen molar-refractivity contribution in [2.24, 2.45) is 0 Å². The number of methoxy groups -OCH3 is 1. The lowest BCUT2D eigenvalue weighted by Gasteiger charge is -1.95. The summed E-state index contributed by atoms with van der Waals surface area (Å²) in [5.41, 5.74) is 2.55. The standard InChI is InChI=1S/C12H12N2O2S/c1-7-4-5-9(13-6-7)11-14-8(2)10(17-11)12(15)16-3/h4-6H,1-3H3. The normalized spacial score (nSPS) is 10.3. The number of nitrogens with zero attached hydrogens (tertiary/aromatic N) is 2. The van der Waals surface area contributed by atoms with Crippen LogP contribution in [0.15, 0.2) is 18.3 Å². The maximum atomic E-state index is 11.5. The maximum absolute atomic E-state index is 11.5. The highest BCUT2D eigenvalue weighted by Gasteiger charge is 2.16. The van der Waals surface area contributed by atoms with E-state index in [0.717, 1.165) is 16.3 Å². The molecule has 2 aromatic heterocycles. The van der Waals surface area contributed by atoms with Crippen molar-refractivity contribution in [3.8, 4) is 10.7 Å². The quantitative estimate of drug-likeness (QED) is 0.766. The molecule has 0 aliphatic heterocycles. The summed E-state index contributed by atoms with van der Waals surface area (Å²) in [6, 6.07) is 3.87. The zero-order valence-electron chi connectivity index (χ0n) is 9.85. The van der Waals surface area contributed by atoms with Crippen molar-refractivity contribution in [2.75, 3.05) is 7.11 Å². The lowest BCUT2D eigenvalue weighted by atomic mass is 10.3. The third-order valence-electron chi connectivity index (χ3n) is 2.30. The molecule has 0 N–H and O–H groups in total. The molecule has 88 valence electrons. The predicted octanol–water partition coefficient (Wildman–Crippen LogP) is 2.61. The first-order chi connectivity index (χ1) is 8.11. The van der Waals surface area contributed by atoms with Crippen LogP contribution < -0.4 is 0 Å². The van der Waals surface area contributed by atoms with E-state index in [4.69, 9.17) is 4.74 Å². The number of aryl methyl sites for hydroxylation is 2. The molecule has 0 aliphatic carbocycles. The molecular formula is C12H12N2O2S. The van der Waals surface area contributed by atoms with E-state index in [1.54, 1.807) is 13.1 Å². The molecule has 0 saturated carbocycles. The molecule has 0 fully saturated rings. The minimum Gasteiger partial charge on any atom is -0.465 e. The van der Waals surface area contributed by atoms with E-state index in [9.17, 15) is 4.79 Å². The molecule has 0 bridgehead atoms. The molecular weight excluding hydrogens is 236 g/mol. The maximum Gasteiger partial charge on any atom is 0.349 e. The number of hydrogen-bond acceptors (Lipinski definition) is 5. The molecule has 0 amide bonds. The van der Waals surface area contributed by atoms with E-state index in [0.29, 0.717) is 10.6 Å². The Labute approximate surface area is 103 Å². The molecule has 0 aliphatic rings. The fourth-order valence-electron chi connectivity index (χ4n) is 1.38. The zero-order chi connectivity index (χ0) is 12.4. The Morgan fingerprint density at radius 1 is 1.35 bits per heavy atom. The van der Waals surface area contributed by atoms with E-state index < -0.39 is 0 Å². The summed E-state index contributed by atoms with van der Waals surface area (Å²) in [5, 5.41) is 0.739. The van der Waals surface area contributed by atoms with Gasteiger partial charge in [0.2, 0.25) is 0 Å². The largest absolute Gasteiger partial charge is 0.465 e. The molecule has 2 heterocycles. The molecule has 0 unspecified atom stereocenters. The Morgan fingerprint density at radius 3 is 2.71 bits per heavy atom. The average molecular weight is 248 g/mol. The van der Waals surface area contributed by atoms with Crippen LogP contribution in [0, 0.1) is 13.8 Å². The zero-order valence-corrected chi connectivity index (χ0v) is 10.7. The van der Waals surface area contributed by atoms with Crippen molar-refractivity contribution in [3.63, 3.8) is 0 Å². The third kappa shape index (κ3) is 2.34. The number of ether oxygens (including phenoxy) is 1. The molecule has 0 atom stereocenters. The topological polar surface area (TPSA) is 52.1 Å². The monoisotopic (exact) mass is 248 g/mol. The number of thiazole rings is 1. The minimum atomic E-state index is -0.349. The number of rotatable bonds is 2. The summed E-state index contributed by atoms with van der Waals surface area (Å²) in [6.07, 6.45) is 1.78. The average Bonchev–Trinajstić information content (AvgIpc) is 2.71. The summed E-state index contributed by atoms with van der Waals surface area (Å²) < 4.78 is 4.70. The van der Waals surface area contributed by atoms with Gasteiger partial charge in [-0.25, -0.2) is 9.78 Å². The van der Waals surface area contributed by atoms with E-state index in [1.807, 2.05) is 19.1 Å². The molecule has 0 radical (unpaired) electrons. The van der Waals surface area contributed by atoms with Crippen molar-refractivity contribution >= 4 is 17.3 Å². The van der Waals surface area contributed by atoms with E-state index in [1.165, 1.54) is 18.4 Å². The molecule has 17 heavy (non-hydrogen) atoms.